The van der Waals surface area contributed by atoms with Crippen molar-refractivity contribution in [2.45, 2.75) is 13.8 Å². The molecule has 0 fully saturated rings. The highest BCUT2D eigenvalue weighted by atomic mass is 35.5. The number of carbonyl (C=O) groups is 1. The number of amides is 1. The van der Waals surface area contributed by atoms with Crippen LogP contribution >= 0.6 is 12.4 Å². The Kier molecular flexibility index (Phi) is 7.53. The van der Waals surface area contributed by atoms with Crippen LogP contribution in [0.4, 0.5) is 4.39 Å². The van der Waals surface area contributed by atoms with Crippen molar-refractivity contribution in [3.05, 3.63) is 30.1 Å². The molecule has 1 amide bonds. The number of carbonyl (C=O) groups excluding carboxylic acids is 1. The van der Waals surface area contributed by atoms with Gasteiger partial charge in [0, 0.05) is 13.6 Å². The summed E-state index contributed by atoms with van der Waals surface area (Å²) >= 11 is 0. The van der Waals surface area contributed by atoms with Gasteiger partial charge in [-0.25, -0.2) is 4.39 Å². The van der Waals surface area contributed by atoms with Crippen LogP contribution in [0.3, 0.4) is 0 Å². The highest BCUT2D eigenvalue weighted by molar-refractivity contribution is 5.85. The Morgan fingerprint density at radius 2 is 1.90 bits per heavy atom. The Labute approximate surface area is 125 Å². The first-order valence-corrected chi connectivity index (χ1v) is 6.21. The van der Waals surface area contributed by atoms with E-state index in [0.29, 0.717) is 25.4 Å². The fraction of sp³-hybridized carbons (Fsp3) is 0.500. The Balaban J connectivity index is 0.00000361. The molecule has 0 radical (unpaired) electrons. The smallest absolute Gasteiger partial charge is 0.229 e. The molecular weight excluding hydrogens is 283 g/mol. The van der Waals surface area contributed by atoms with Gasteiger partial charge in [-0.05, 0) is 38.1 Å². The van der Waals surface area contributed by atoms with E-state index >= 15 is 0 Å². The Bertz CT molecular complexity index is 424. The van der Waals surface area contributed by atoms with Crippen molar-refractivity contribution < 1.29 is 13.9 Å². The number of benzene rings is 1. The second-order valence-electron chi connectivity index (χ2n) is 5.12. The molecule has 1 aromatic rings. The maximum absolute atomic E-state index is 12.7. The molecule has 0 atom stereocenters. The summed E-state index contributed by atoms with van der Waals surface area (Å²) in [6.07, 6.45) is 0. The minimum atomic E-state index is -0.565. The molecule has 1 aromatic carbocycles. The van der Waals surface area contributed by atoms with Gasteiger partial charge in [0.1, 0.15) is 18.2 Å². The molecule has 1 rings (SSSR count). The summed E-state index contributed by atoms with van der Waals surface area (Å²) in [5, 5.41) is 0. The molecule has 0 aliphatic heterocycles. The highest BCUT2D eigenvalue weighted by Crippen LogP contribution is 2.16. The van der Waals surface area contributed by atoms with E-state index in [2.05, 4.69) is 0 Å². The zero-order valence-electron chi connectivity index (χ0n) is 12.1. The fourth-order valence-corrected chi connectivity index (χ4v) is 1.54. The van der Waals surface area contributed by atoms with Crippen LogP contribution in [0.5, 0.6) is 5.75 Å². The van der Waals surface area contributed by atoms with Crippen molar-refractivity contribution in [1.82, 2.24) is 4.90 Å². The zero-order chi connectivity index (χ0) is 14.5. The third-order valence-corrected chi connectivity index (χ3v) is 2.95. The van der Waals surface area contributed by atoms with Gasteiger partial charge in [0.2, 0.25) is 5.91 Å². The molecule has 0 aliphatic carbocycles. The summed E-state index contributed by atoms with van der Waals surface area (Å²) in [6, 6.07) is 5.78. The lowest BCUT2D eigenvalue weighted by Gasteiger charge is -2.28. The van der Waals surface area contributed by atoms with Crippen LogP contribution in [0.1, 0.15) is 13.8 Å². The lowest BCUT2D eigenvalue weighted by atomic mass is 9.92. The second kappa shape index (κ2) is 8.07. The van der Waals surface area contributed by atoms with Gasteiger partial charge in [-0.15, -0.1) is 12.4 Å². The Hall–Kier alpha value is -1.33. The van der Waals surface area contributed by atoms with E-state index in [4.69, 9.17) is 10.5 Å². The Morgan fingerprint density at radius 3 is 2.40 bits per heavy atom. The minimum Gasteiger partial charge on any atom is -0.492 e. The summed E-state index contributed by atoms with van der Waals surface area (Å²) < 4.78 is 18.1. The van der Waals surface area contributed by atoms with Gasteiger partial charge in [-0.2, -0.15) is 0 Å². The van der Waals surface area contributed by atoms with E-state index in [1.165, 1.54) is 12.1 Å². The molecule has 0 saturated carbocycles. The number of hydrogen-bond acceptors (Lipinski definition) is 3. The van der Waals surface area contributed by atoms with Gasteiger partial charge >= 0.3 is 0 Å². The molecule has 6 heteroatoms. The average molecular weight is 305 g/mol. The third-order valence-electron chi connectivity index (χ3n) is 2.95. The van der Waals surface area contributed by atoms with E-state index in [0.717, 1.165) is 0 Å². The van der Waals surface area contributed by atoms with Crippen molar-refractivity contribution in [2.24, 2.45) is 11.1 Å². The monoisotopic (exact) mass is 304 g/mol. The van der Waals surface area contributed by atoms with Crippen LogP contribution < -0.4 is 10.5 Å². The predicted molar refractivity (Wildman–Crippen MR) is 79.6 cm³/mol. The van der Waals surface area contributed by atoms with Gasteiger partial charge in [-0.1, -0.05) is 0 Å². The lowest BCUT2D eigenvalue weighted by molar-refractivity contribution is -0.138. The van der Waals surface area contributed by atoms with Crippen molar-refractivity contribution in [3.8, 4) is 5.75 Å². The van der Waals surface area contributed by atoms with E-state index in [-0.39, 0.29) is 24.1 Å². The number of hydrogen-bond donors (Lipinski definition) is 1. The molecule has 4 nitrogen and oxygen atoms in total. The van der Waals surface area contributed by atoms with Gasteiger partial charge in [0.15, 0.2) is 0 Å². The van der Waals surface area contributed by atoms with Crippen LogP contribution in [-0.4, -0.2) is 37.6 Å². The SMILES string of the molecule is CN(CCOc1ccc(F)cc1)C(=O)C(C)(C)CN.Cl. The highest BCUT2D eigenvalue weighted by Gasteiger charge is 2.28. The van der Waals surface area contributed by atoms with Crippen LogP contribution in [0.25, 0.3) is 0 Å². The first kappa shape index (κ1) is 18.7. The topological polar surface area (TPSA) is 55.6 Å². The number of halogens is 2. The first-order valence-electron chi connectivity index (χ1n) is 6.21. The lowest BCUT2D eigenvalue weighted by Crippen LogP contribution is -2.44. The van der Waals surface area contributed by atoms with Gasteiger partial charge in [0.05, 0.1) is 12.0 Å². The quantitative estimate of drug-likeness (QED) is 0.875. The number of nitrogens with two attached hydrogens (primary N) is 1. The molecular formula is C14H22ClFN2O2. The van der Waals surface area contributed by atoms with E-state index in [1.54, 1.807) is 24.1 Å². The van der Waals surface area contributed by atoms with E-state index < -0.39 is 5.41 Å². The largest absolute Gasteiger partial charge is 0.492 e. The van der Waals surface area contributed by atoms with Crippen molar-refractivity contribution in [2.75, 3.05) is 26.7 Å². The third kappa shape index (κ3) is 5.35. The molecule has 0 aromatic heterocycles. The maximum Gasteiger partial charge on any atom is 0.229 e. The van der Waals surface area contributed by atoms with Crippen LogP contribution in [0.2, 0.25) is 0 Å². The average Bonchev–Trinajstić information content (AvgIpc) is 2.40. The molecule has 0 unspecified atom stereocenters. The van der Waals surface area contributed by atoms with E-state index in [1.807, 2.05) is 13.8 Å². The Morgan fingerprint density at radius 1 is 1.35 bits per heavy atom. The molecule has 0 heterocycles. The predicted octanol–water partition coefficient (Wildman–Crippen LogP) is 2.07. The summed E-state index contributed by atoms with van der Waals surface area (Å²) in [5.41, 5.74) is 5.00. The fourth-order valence-electron chi connectivity index (χ4n) is 1.54. The standard InChI is InChI=1S/C14H21FN2O2.ClH/c1-14(2,10-16)13(18)17(3)8-9-19-12-6-4-11(15)5-7-12;/h4-7H,8-10,16H2,1-3H3;1H. The summed E-state index contributed by atoms with van der Waals surface area (Å²) in [5.74, 6) is 0.266. The van der Waals surface area contributed by atoms with Crippen LogP contribution in [0, 0.1) is 11.2 Å². The van der Waals surface area contributed by atoms with Crippen LogP contribution in [0.15, 0.2) is 24.3 Å². The first-order chi connectivity index (χ1) is 8.86. The summed E-state index contributed by atoms with van der Waals surface area (Å²) in [4.78, 5) is 13.6. The number of likely N-dealkylation sites (N-methyl/N-ethyl adjacent to an activating group) is 1. The zero-order valence-corrected chi connectivity index (χ0v) is 12.9. The van der Waals surface area contributed by atoms with Crippen LogP contribution in [-0.2, 0) is 4.79 Å². The molecule has 114 valence electrons. The second-order valence-corrected chi connectivity index (χ2v) is 5.12. The summed E-state index contributed by atoms with van der Waals surface area (Å²) in [6.45, 7) is 4.74. The number of rotatable bonds is 6. The number of nitrogens with zero attached hydrogens (tertiary/aromatic N) is 1. The molecule has 0 spiro atoms. The van der Waals surface area contributed by atoms with E-state index in [9.17, 15) is 9.18 Å². The van der Waals surface area contributed by atoms with Crippen molar-refractivity contribution in [1.29, 1.82) is 0 Å². The maximum atomic E-state index is 12.7. The minimum absolute atomic E-state index is 0. The van der Waals surface area contributed by atoms with Gasteiger partial charge in [0.25, 0.3) is 0 Å². The van der Waals surface area contributed by atoms with Crippen molar-refractivity contribution >= 4 is 18.3 Å². The van der Waals surface area contributed by atoms with Gasteiger partial charge < -0.3 is 15.4 Å². The summed E-state index contributed by atoms with van der Waals surface area (Å²) in [7, 11) is 1.72. The normalized spacial score (nSPS) is 10.7. The molecule has 20 heavy (non-hydrogen) atoms. The molecule has 2 N–H and O–H groups in total. The van der Waals surface area contributed by atoms with Crippen molar-refractivity contribution in [3.63, 3.8) is 0 Å². The molecule has 0 saturated heterocycles. The number of ether oxygens (including phenoxy) is 1. The molecule has 0 bridgehead atoms. The molecule has 0 aliphatic rings. The van der Waals surface area contributed by atoms with Gasteiger partial charge in [-0.3, -0.25) is 4.79 Å².